The van der Waals surface area contributed by atoms with Gasteiger partial charge in [-0.25, -0.2) is 0 Å². The van der Waals surface area contributed by atoms with Gasteiger partial charge in [0.2, 0.25) is 5.91 Å². The normalized spacial score (nSPS) is 10.3. The smallest absolute Gasteiger partial charge is 0.224 e. The van der Waals surface area contributed by atoms with Gasteiger partial charge >= 0.3 is 0 Å². The van der Waals surface area contributed by atoms with Gasteiger partial charge in [0.15, 0.2) is 0 Å². The zero-order chi connectivity index (χ0) is 15.9. The van der Waals surface area contributed by atoms with E-state index in [4.69, 9.17) is 39.5 Å². The Hall–Kier alpha value is -1.42. The lowest BCUT2D eigenvalue weighted by atomic mass is 10.2. The van der Waals surface area contributed by atoms with Crippen LogP contribution in [-0.2, 0) is 4.79 Å². The monoisotopic (exact) mass is 357 g/mol. The molecular weight excluding hydrogens is 345 g/mol. The molecule has 0 aliphatic carbocycles. The molecule has 2 aromatic carbocycles. The maximum atomic E-state index is 11.8. The average Bonchev–Trinajstić information content (AvgIpc) is 2.45. The molecule has 3 nitrogen and oxygen atoms in total. The van der Waals surface area contributed by atoms with E-state index in [0.717, 1.165) is 0 Å². The van der Waals surface area contributed by atoms with Crippen molar-refractivity contribution in [1.82, 2.24) is 0 Å². The van der Waals surface area contributed by atoms with Crippen LogP contribution in [0.1, 0.15) is 12.8 Å². The van der Waals surface area contributed by atoms with Crippen molar-refractivity contribution in [2.75, 3.05) is 11.9 Å². The number of ether oxygens (including phenoxy) is 1. The van der Waals surface area contributed by atoms with Gasteiger partial charge in [0.05, 0.1) is 11.6 Å². The highest BCUT2D eigenvalue weighted by Gasteiger charge is 2.05. The van der Waals surface area contributed by atoms with Gasteiger partial charge in [-0.2, -0.15) is 0 Å². The number of hydrogen-bond acceptors (Lipinski definition) is 2. The van der Waals surface area contributed by atoms with Crippen LogP contribution in [-0.4, -0.2) is 12.5 Å². The molecule has 0 unspecified atom stereocenters. The minimum atomic E-state index is -0.0898. The SMILES string of the molecule is O=C(CCCOc1ccc(Cl)cc1Cl)Nc1cccc(Cl)c1. The molecule has 0 aromatic heterocycles. The third-order valence-corrected chi connectivity index (χ3v) is 3.57. The minimum absolute atomic E-state index is 0.0898. The van der Waals surface area contributed by atoms with Gasteiger partial charge in [0, 0.05) is 22.2 Å². The lowest BCUT2D eigenvalue weighted by Crippen LogP contribution is -2.12. The van der Waals surface area contributed by atoms with E-state index in [-0.39, 0.29) is 5.91 Å². The van der Waals surface area contributed by atoms with Gasteiger partial charge in [-0.05, 0) is 42.8 Å². The lowest BCUT2D eigenvalue weighted by Gasteiger charge is -2.08. The number of rotatable bonds is 6. The summed E-state index contributed by atoms with van der Waals surface area (Å²) in [4.78, 5) is 11.8. The molecule has 22 heavy (non-hydrogen) atoms. The minimum Gasteiger partial charge on any atom is -0.492 e. The van der Waals surface area contributed by atoms with Crippen molar-refractivity contribution in [3.05, 3.63) is 57.5 Å². The quantitative estimate of drug-likeness (QED) is 0.698. The summed E-state index contributed by atoms with van der Waals surface area (Å²) in [5.41, 5.74) is 0.680. The summed E-state index contributed by atoms with van der Waals surface area (Å²) in [5, 5.41) is 4.37. The summed E-state index contributed by atoms with van der Waals surface area (Å²) < 4.78 is 5.52. The predicted molar refractivity (Wildman–Crippen MR) is 91.3 cm³/mol. The first kappa shape index (κ1) is 16.9. The fourth-order valence-electron chi connectivity index (χ4n) is 1.80. The zero-order valence-electron chi connectivity index (χ0n) is 11.6. The van der Waals surface area contributed by atoms with E-state index in [1.54, 1.807) is 42.5 Å². The maximum absolute atomic E-state index is 11.8. The second-order valence-electron chi connectivity index (χ2n) is 4.59. The van der Waals surface area contributed by atoms with Crippen molar-refractivity contribution >= 4 is 46.4 Å². The second kappa shape index (κ2) is 8.28. The van der Waals surface area contributed by atoms with Gasteiger partial charge in [0.1, 0.15) is 5.75 Å². The summed E-state index contributed by atoms with van der Waals surface area (Å²) in [6.45, 7) is 0.393. The first-order valence-corrected chi connectivity index (χ1v) is 7.81. The van der Waals surface area contributed by atoms with Crippen LogP contribution in [0.2, 0.25) is 15.1 Å². The average molecular weight is 359 g/mol. The molecule has 0 bridgehead atoms. The Balaban J connectivity index is 1.73. The molecule has 2 aromatic rings. The topological polar surface area (TPSA) is 38.3 Å². The third kappa shape index (κ3) is 5.41. The van der Waals surface area contributed by atoms with Gasteiger partial charge in [-0.3, -0.25) is 4.79 Å². The van der Waals surface area contributed by atoms with E-state index in [0.29, 0.717) is 46.0 Å². The van der Waals surface area contributed by atoms with Crippen LogP contribution >= 0.6 is 34.8 Å². The standard InChI is InChI=1S/C16H14Cl3NO2/c17-11-3-1-4-13(9-11)20-16(21)5-2-8-22-15-7-6-12(18)10-14(15)19/h1,3-4,6-7,9-10H,2,5,8H2,(H,20,21). The number of anilines is 1. The lowest BCUT2D eigenvalue weighted by molar-refractivity contribution is -0.116. The Bertz CT molecular complexity index is 662. The van der Waals surface area contributed by atoms with E-state index in [1.165, 1.54) is 0 Å². The van der Waals surface area contributed by atoms with Gasteiger partial charge < -0.3 is 10.1 Å². The number of carbonyl (C=O) groups is 1. The highest BCUT2D eigenvalue weighted by molar-refractivity contribution is 6.35. The van der Waals surface area contributed by atoms with Crippen molar-refractivity contribution in [1.29, 1.82) is 0 Å². The summed E-state index contributed by atoms with van der Waals surface area (Å²) in [6.07, 6.45) is 0.920. The van der Waals surface area contributed by atoms with Crippen molar-refractivity contribution < 1.29 is 9.53 Å². The molecule has 0 saturated carbocycles. The Morgan fingerprint density at radius 1 is 1.05 bits per heavy atom. The third-order valence-electron chi connectivity index (χ3n) is 2.81. The van der Waals surface area contributed by atoms with Gasteiger partial charge in [-0.1, -0.05) is 40.9 Å². The zero-order valence-corrected chi connectivity index (χ0v) is 13.9. The summed E-state index contributed by atoms with van der Waals surface area (Å²) in [6, 6.07) is 12.0. The number of benzene rings is 2. The van der Waals surface area contributed by atoms with E-state index >= 15 is 0 Å². The van der Waals surface area contributed by atoms with Gasteiger partial charge in [0.25, 0.3) is 0 Å². The largest absolute Gasteiger partial charge is 0.492 e. The molecule has 0 atom stereocenters. The molecule has 0 heterocycles. The first-order valence-electron chi connectivity index (χ1n) is 6.68. The molecule has 0 saturated heterocycles. The molecule has 2 rings (SSSR count). The van der Waals surface area contributed by atoms with Crippen molar-refractivity contribution in [2.24, 2.45) is 0 Å². The Morgan fingerprint density at radius 3 is 2.55 bits per heavy atom. The highest BCUT2D eigenvalue weighted by atomic mass is 35.5. The molecule has 0 aliphatic rings. The predicted octanol–water partition coefficient (Wildman–Crippen LogP) is 5.44. The van der Waals surface area contributed by atoms with E-state index < -0.39 is 0 Å². The molecular formula is C16H14Cl3NO2. The number of amides is 1. The second-order valence-corrected chi connectivity index (χ2v) is 5.87. The van der Waals surface area contributed by atoms with Crippen LogP contribution in [0.5, 0.6) is 5.75 Å². The Labute approximate surface area is 144 Å². The van der Waals surface area contributed by atoms with Crippen LogP contribution in [0.15, 0.2) is 42.5 Å². The number of hydrogen-bond donors (Lipinski definition) is 1. The summed E-state index contributed by atoms with van der Waals surface area (Å²) in [7, 11) is 0. The van der Waals surface area contributed by atoms with Crippen LogP contribution in [0.25, 0.3) is 0 Å². The molecule has 0 spiro atoms. The van der Waals surface area contributed by atoms with Crippen molar-refractivity contribution in [2.45, 2.75) is 12.8 Å². The summed E-state index contributed by atoms with van der Waals surface area (Å²) in [5.74, 6) is 0.467. The van der Waals surface area contributed by atoms with Crippen LogP contribution in [0.4, 0.5) is 5.69 Å². The maximum Gasteiger partial charge on any atom is 0.224 e. The molecule has 6 heteroatoms. The van der Waals surface area contributed by atoms with Crippen molar-refractivity contribution in [3.8, 4) is 5.75 Å². The Morgan fingerprint density at radius 2 is 1.82 bits per heavy atom. The number of halogens is 3. The van der Waals surface area contributed by atoms with Crippen molar-refractivity contribution in [3.63, 3.8) is 0 Å². The van der Waals surface area contributed by atoms with E-state index in [2.05, 4.69) is 5.32 Å². The van der Waals surface area contributed by atoms with Gasteiger partial charge in [-0.15, -0.1) is 0 Å². The fraction of sp³-hybridized carbons (Fsp3) is 0.188. The van der Waals surface area contributed by atoms with E-state index in [1.807, 2.05) is 0 Å². The molecule has 1 amide bonds. The summed E-state index contributed by atoms with van der Waals surface area (Å²) >= 11 is 17.7. The first-order chi connectivity index (χ1) is 10.5. The molecule has 0 aliphatic heterocycles. The highest BCUT2D eigenvalue weighted by Crippen LogP contribution is 2.27. The molecule has 1 N–H and O–H groups in total. The molecule has 0 radical (unpaired) electrons. The van der Waals surface area contributed by atoms with E-state index in [9.17, 15) is 4.79 Å². The molecule has 116 valence electrons. The fourth-order valence-corrected chi connectivity index (χ4v) is 2.45. The van der Waals surface area contributed by atoms with Crippen LogP contribution in [0, 0.1) is 0 Å². The van der Waals surface area contributed by atoms with Crippen LogP contribution < -0.4 is 10.1 Å². The number of nitrogens with one attached hydrogen (secondary N) is 1. The number of carbonyl (C=O) groups excluding carboxylic acids is 1. The Kier molecular flexibility index (Phi) is 6.37. The van der Waals surface area contributed by atoms with Crippen LogP contribution in [0.3, 0.4) is 0 Å². The molecule has 0 fully saturated rings.